The van der Waals surface area contributed by atoms with Gasteiger partial charge in [0.2, 0.25) is 0 Å². The van der Waals surface area contributed by atoms with Gasteiger partial charge in [0.1, 0.15) is 0 Å². The van der Waals surface area contributed by atoms with E-state index in [1.807, 2.05) is 0 Å². The van der Waals surface area contributed by atoms with Crippen LogP contribution >= 0.6 is 0 Å². The molecule has 0 atom stereocenters. The van der Waals surface area contributed by atoms with Gasteiger partial charge < -0.3 is 5.41 Å². The Morgan fingerprint density at radius 3 is 2.33 bits per heavy atom. The van der Waals surface area contributed by atoms with Crippen molar-refractivity contribution in [2.45, 2.75) is 0 Å². The van der Waals surface area contributed by atoms with E-state index >= 15 is 0 Å². The minimum atomic E-state index is 1.07. The Hall–Kier alpha value is -0.990. The van der Waals surface area contributed by atoms with E-state index in [1.165, 1.54) is 12.3 Å². The smallest absolute Gasteiger partial charge is 0.0503 e. The Kier molecular flexibility index (Phi) is 3.35. The van der Waals surface area contributed by atoms with E-state index < -0.39 is 0 Å². The first-order valence-corrected chi connectivity index (χ1v) is 1.44. The van der Waals surface area contributed by atoms with Crippen LogP contribution in [-0.4, -0.2) is 6.21 Å². The first-order valence-electron chi connectivity index (χ1n) is 1.44. The van der Waals surface area contributed by atoms with Crippen LogP contribution in [0.3, 0.4) is 0 Å². The highest BCUT2D eigenvalue weighted by Crippen LogP contribution is 1.63. The van der Waals surface area contributed by atoms with Crippen molar-refractivity contribution < 1.29 is 0 Å². The number of hydrogen-bond acceptors (Lipinski definition) is 3. The number of hydrogen-bond donors (Lipinski definition) is 2. The highest BCUT2D eigenvalue weighted by Gasteiger charge is 1.50. The molecule has 32 valence electrons. The van der Waals surface area contributed by atoms with Gasteiger partial charge in [0.15, 0.2) is 0 Å². The minimum Gasteiger partial charge on any atom is -0.309 e. The average Bonchev–Trinajstić information content (AvgIpc) is 1.61. The van der Waals surface area contributed by atoms with E-state index in [1.54, 1.807) is 0 Å². The summed E-state index contributed by atoms with van der Waals surface area (Å²) in [7, 11) is 0. The van der Waals surface area contributed by atoms with Crippen LogP contribution in [-0.2, 0) is 0 Å². The summed E-state index contributed by atoms with van der Waals surface area (Å²) in [5.74, 6) is 0. The summed E-state index contributed by atoms with van der Waals surface area (Å²) in [4.78, 5) is 0. The summed E-state index contributed by atoms with van der Waals surface area (Å²) in [6.07, 6.45) is 3.66. The van der Waals surface area contributed by atoms with Crippen molar-refractivity contribution in [1.82, 2.24) is 0 Å². The van der Waals surface area contributed by atoms with Crippen molar-refractivity contribution >= 4 is 6.21 Å². The van der Waals surface area contributed by atoms with Crippen LogP contribution in [0.25, 0.3) is 0 Å². The van der Waals surface area contributed by atoms with E-state index in [9.17, 15) is 0 Å². The molecule has 0 aromatic heterocycles. The van der Waals surface area contributed by atoms with E-state index in [2.05, 4.69) is 5.11 Å². The van der Waals surface area contributed by atoms with Crippen molar-refractivity contribution in [3.63, 3.8) is 0 Å². The molecule has 0 fully saturated rings. The van der Waals surface area contributed by atoms with Crippen LogP contribution in [0, 0.1) is 10.9 Å². The molecule has 0 heterocycles. The number of nitrogens with zero attached hydrogens (tertiary/aromatic N) is 1. The lowest BCUT2D eigenvalue weighted by molar-refractivity contribution is 1.14. The van der Waals surface area contributed by atoms with Crippen LogP contribution in [0.5, 0.6) is 0 Å². The van der Waals surface area contributed by atoms with Crippen molar-refractivity contribution in [1.29, 1.82) is 10.9 Å². The fourth-order valence-electron chi connectivity index (χ4n) is 0.0861. The molecule has 0 saturated carbocycles. The Labute approximate surface area is 35.7 Å². The molecule has 3 heteroatoms. The van der Waals surface area contributed by atoms with E-state index in [0.717, 1.165) is 6.21 Å². The molecule has 0 unspecified atom stereocenters. The highest BCUT2D eigenvalue weighted by atomic mass is 14.9. The first kappa shape index (κ1) is 5.01. The van der Waals surface area contributed by atoms with Gasteiger partial charge in [-0.1, -0.05) is 0 Å². The summed E-state index contributed by atoms with van der Waals surface area (Å²) in [5.41, 5.74) is 6.14. The van der Waals surface area contributed by atoms with Crippen LogP contribution in [0.15, 0.2) is 17.4 Å². The second-order valence-electron chi connectivity index (χ2n) is 0.637. The normalized spacial score (nSPS) is 8.67. The molecular weight excluding hydrogens is 78.1 g/mol. The zero-order valence-corrected chi connectivity index (χ0v) is 3.18. The van der Waals surface area contributed by atoms with Gasteiger partial charge in [-0.2, -0.15) is 5.11 Å². The molecule has 3 nitrogen and oxygen atoms in total. The zero-order valence-electron chi connectivity index (χ0n) is 3.18. The minimum absolute atomic E-state index is 1.07. The molecule has 0 aliphatic rings. The topological polar surface area (TPSA) is 60.1 Å². The number of nitrogens with one attached hydrogen (secondary N) is 2. The van der Waals surface area contributed by atoms with Crippen molar-refractivity contribution in [2.24, 2.45) is 5.11 Å². The van der Waals surface area contributed by atoms with Crippen molar-refractivity contribution in [2.75, 3.05) is 0 Å². The maximum Gasteiger partial charge on any atom is 0.0503 e. The van der Waals surface area contributed by atoms with Crippen LogP contribution < -0.4 is 0 Å². The Morgan fingerprint density at radius 1 is 1.50 bits per heavy atom. The van der Waals surface area contributed by atoms with Crippen molar-refractivity contribution in [3.8, 4) is 0 Å². The van der Waals surface area contributed by atoms with Crippen LogP contribution in [0.4, 0.5) is 0 Å². The third-order valence-electron chi connectivity index (χ3n) is 0.257. The summed E-state index contributed by atoms with van der Waals surface area (Å²) >= 11 is 0. The lowest BCUT2D eigenvalue weighted by Gasteiger charge is -1.58. The second kappa shape index (κ2) is 4.01. The maximum absolute atomic E-state index is 6.35. The van der Waals surface area contributed by atoms with E-state index in [0.29, 0.717) is 0 Å². The first-order chi connectivity index (χ1) is 2.91. The fraction of sp³-hybridized carbons (Fsp3) is 0. The van der Waals surface area contributed by atoms with Crippen LogP contribution in [0.2, 0.25) is 0 Å². The molecule has 0 aliphatic heterocycles. The molecule has 0 aliphatic carbocycles. The quantitative estimate of drug-likeness (QED) is 0.372. The van der Waals surface area contributed by atoms with Gasteiger partial charge in [0.05, 0.1) is 6.20 Å². The fourth-order valence-corrected chi connectivity index (χ4v) is 0.0861. The highest BCUT2D eigenvalue weighted by molar-refractivity contribution is 5.67. The monoisotopic (exact) mass is 83.0 g/mol. The van der Waals surface area contributed by atoms with Gasteiger partial charge in [-0.15, -0.1) is 0 Å². The molecule has 0 spiro atoms. The molecule has 0 amide bonds. The summed E-state index contributed by atoms with van der Waals surface area (Å²) in [6.45, 7) is 0. The Balaban J connectivity index is 3.17. The Morgan fingerprint density at radius 2 is 2.17 bits per heavy atom. The predicted octanol–water partition coefficient (Wildman–Crippen LogP) is 1.18. The van der Waals surface area contributed by atoms with Gasteiger partial charge in [-0.25, -0.2) is 5.53 Å². The van der Waals surface area contributed by atoms with Gasteiger partial charge in [0, 0.05) is 6.21 Å². The molecule has 0 saturated heterocycles. The molecule has 0 rings (SSSR count). The summed E-state index contributed by atoms with van der Waals surface area (Å²) in [5, 5.41) is 9.19. The molecule has 0 aromatic carbocycles. The lowest BCUT2D eigenvalue weighted by atomic mass is 10.7. The molecule has 0 radical (unpaired) electrons. The van der Waals surface area contributed by atoms with E-state index in [4.69, 9.17) is 10.9 Å². The maximum atomic E-state index is 6.35. The Bertz CT molecular complexity index is 64.1. The van der Waals surface area contributed by atoms with Gasteiger partial charge >= 0.3 is 0 Å². The predicted molar refractivity (Wildman–Crippen MR) is 23.1 cm³/mol. The number of rotatable bonds is 2. The van der Waals surface area contributed by atoms with E-state index in [-0.39, 0.29) is 0 Å². The standard InChI is InChI=1S/C3H5N3/c4-2-1-3-6-5/h1-5H. The molecular formula is C3H5N3. The average molecular weight is 83.1 g/mol. The zero-order chi connectivity index (χ0) is 4.83. The second-order valence-corrected chi connectivity index (χ2v) is 0.637. The van der Waals surface area contributed by atoms with Gasteiger partial charge in [-0.3, -0.25) is 0 Å². The molecule has 0 aromatic rings. The molecule has 2 N–H and O–H groups in total. The van der Waals surface area contributed by atoms with Crippen LogP contribution in [0.1, 0.15) is 0 Å². The third kappa shape index (κ3) is 3.01. The third-order valence-corrected chi connectivity index (χ3v) is 0.257. The van der Waals surface area contributed by atoms with Gasteiger partial charge in [-0.05, 0) is 6.08 Å². The lowest BCUT2D eigenvalue weighted by Crippen LogP contribution is -1.50. The van der Waals surface area contributed by atoms with Gasteiger partial charge in [0.25, 0.3) is 0 Å². The van der Waals surface area contributed by atoms with Crippen molar-refractivity contribution in [3.05, 3.63) is 12.3 Å². The summed E-state index contributed by atoms with van der Waals surface area (Å²) in [6, 6.07) is 0. The molecule has 6 heavy (non-hydrogen) atoms. The largest absolute Gasteiger partial charge is 0.309 e. The summed E-state index contributed by atoms with van der Waals surface area (Å²) < 4.78 is 0. The molecule has 0 bridgehead atoms. The number of allylic oxidation sites excluding steroid dienone is 1. The SMILES string of the molecule is N=CC=CN=N.